The third-order valence-electron chi connectivity index (χ3n) is 3.18. The van der Waals surface area contributed by atoms with Crippen LogP contribution in [0.5, 0.6) is 0 Å². The molecule has 0 aliphatic carbocycles. The molecule has 0 atom stereocenters. The lowest BCUT2D eigenvalue weighted by Gasteiger charge is -2.27. The average molecular weight is 301 g/mol. The Morgan fingerprint density at radius 2 is 2.06 bits per heavy atom. The van der Waals surface area contributed by atoms with E-state index >= 15 is 0 Å². The van der Waals surface area contributed by atoms with Crippen molar-refractivity contribution in [1.82, 2.24) is 10.2 Å². The molecule has 2 rings (SSSR count). The van der Waals surface area contributed by atoms with Gasteiger partial charge in [-0.1, -0.05) is 13.0 Å². The van der Waals surface area contributed by atoms with Gasteiger partial charge in [0, 0.05) is 38.3 Å². The number of aryl methyl sites for hydroxylation is 1. The second-order valence-electron chi connectivity index (χ2n) is 4.43. The Hall–Kier alpha value is -0.450. The van der Waals surface area contributed by atoms with Gasteiger partial charge in [-0.05, 0) is 34.0 Å². The number of hydrogen-bond acceptors (Lipinski definition) is 2. The van der Waals surface area contributed by atoms with Gasteiger partial charge in [-0.15, -0.1) is 0 Å². The molecule has 0 amide bonds. The van der Waals surface area contributed by atoms with Crippen LogP contribution in [0.3, 0.4) is 0 Å². The summed E-state index contributed by atoms with van der Waals surface area (Å²) in [4.78, 5) is 2.29. The molecule has 4 heteroatoms. The molecular formula is C13H18BrFN2. The average Bonchev–Trinajstić information content (AvgIpc) is 2.36. The van der Waals surface area contributed by atoms with E-state index in [1.165, 1.54) is 5.56 Å². The number of rotatable bonds is 3. The maximum atomic E-state index is 14.0. The normalized spacial score (nSPS) is 17.4. The number of benzene rings is 1. The van der Waals surface area contributed by atoms with Crippen molar-refractivity contribution in [2.24, 2.45) is 0 Å². The number of hydrogen-bond donors (Lipinski definition) is 1. The minimum absolute atomic E-state index is 0.110. The molecule has 1 aliphatic heterocycles. The first kappa shape index (κ1) is 13.0. The first-order chi connectivity index (χ1) is 8.20. The maximum Gasteiger partial charge on any atom is 0.141 e. The molecule has 2 nitrogen and oxygen atoms in total. The first-order valence-corrected chi connectivity index (χ1v) is 6.90. The van der Waals surface area contributed by atoms with Crippen LogP contribution in [0, 0.1) is 5.82 Å². The van der Waals surface area contributed by atoms with Crippen molar-refractivity contribution in [1.29, 1.82) is 0 Å². The van der Waals surface area contributed by atoms with Crippen LogP contribution in [0.25, 0.3) is 0 Å². The summed E-state index contributed by atoms with van der Waals surface area (Å²) in [5.74, 6) is -0.110. The van der Waals surface area contributed by atoms with Crippen LogP contribution < -0.4 is 5.32 Å². The zero-order valence-electron chi connectivity index (χ0n) is 10.1. The molecular weight excluding hydrogens is 283 g/mol. The van der Waals surface area contributed by atoms with Gasteiger partial charge >= 0.3 is 0 Å². The highest BCUT2D eigenvalue weighted by Gasteiger charge is 2.14. The minimum atomic E-state index is -0.110. The number of halogens is 2. The Kier molecular flexibility index (Phi) is 4.54. The van der Waals surface area contributed by atoms with Crippen LogP contribution in [0.2, 0.25) is 0 Å². The van der Waals surface area contributed by atoms with E-state index < -0.39 is 0 Å². The third-order valence-corrected chi connectivity index (χ3v) is 3.75. The van der Waals surface area contributed by atoms with Crippen molar-refractivity contribution in [2.45, 2.75) is 19.9 Å². The molecule has 0 spiro atoms. The standard InChI is InChI=1S/C13H18BrFN2/c1-2-10-7-11(13(15)12(14)8-10)9-17-5-3-16-4-6-17/h7-8,16H,2-6,9H2,1H3. The number of nitrogens with zero attached hydrogens (tertiary/aromatic N) is 1. The predicted molar refractivity (Wildman–Crippen MR) is 71.6 cm³/mol. The van der Waals surface area contributed by atoms with Crippen LogP contribution in [0.15, 0.2) is 16.6 Å². The minimum Gasteiger partial charge on any atom is -0.314 e. The van der Waals surface area contributed by atoms with Crippen molar-refractivity contribution >= 4 is 15.9 Å². The van der Waals surface area contributed by atoms with E-state index in [4.69, 9.17) is 0 Å². The van der Waals surface area contributed by atoms with E-state index in [0.29, 0.717) is 11.0 Å². The molecule has 0 bridgehead atoms. The van der Waals surface area contributed by atoms with E-state index in [1.54, 1.807) is 0 Å². The molecule has 1 aromatic rings. The SMILES string of the molecule is CCc1cc(Br)c(F)c(CN2CCNCC2)c1. The third kappa shape index (κ3) is 3.27. The lowest BCUT2D eigenvalue weighted by Crippen LogP contribution is -2.43. The molecule has 17 heavy (non-hydrogen) atoms. The highest BCUT2D eigenvalue weighted by Crippen LogP contribution is 2.23. The molecule has 1 aromatic carbocycles. The van der Waals surface area contributed by atoms with Gasteiger partial charge in [0.25, 0.3) is 0 Å². The van der Waals surface area contributed by atoms with Crippen molar-refractivity contribution in [3.05, 3.63) is 33.5 Å². The Balaban J connectivity index is 2.15. The van der Waals surface area contributed by atoms with Crippen molar-refractivity contribution in [2.75, 3.05) is 26.2 Å². The van der Waals surface area contributed by atoms with Gasteiger partial charge in [0.1, 0.15) is 5.82 Å². The van der Waals surface area contributed by atoms with E-state index in [-0.39, 0.29) is 5.82 Å². The molecule has 0 saturated carbocycles. The Bertz CT molecular complexity index is 389. The van der Waals surface area contributed by atoms with E-state index in [2.05, 4.69) is 33.1 Å². The van der Waals surface area contributed by atoms with Crippen LogP contribution >= 0.6 is 15.9 Å². The molecule has 1 fully saturated rings. The van der Waals surface area contributed by atoms with Gasteiger partial charge in [0.05, 0.1) is 4.47 Å². The van der Waals surface area contributed by atoms with Gasteiger partial charge in [-0.25, -0.2) is 4.39 Å². The molecule has 1 N–H and O–H groups in total. The molecule has 94 valence electrons. The van der Waals surface area contributed by atoms with E-state index in [0.717, 1.165) is 38.2 Å². The van der Waals surface area contributed by atoms with Gasteiger partial charge in [-0.2, -0.15) is 0 Å². The fraction of sp³-hybridized carbons (Fsp3) is 0.538. The quantitative estimate of drug-likeness (QED) is 0.923. The zero-order chi connectivity index (χ0) is 12.3. The molecule has 1 aliphatic rings. The van der Waals surface area contributed by atoms with Crippen molar-refractivity contribution in [3.8, 4) is 0 Å². The van der Waals surface area contributed by atoms with Gasteiger partial charge in [0.15, 0.2) is 0 Å². The topological polar surface area (TPSA) is 15.3 Å². The van der Waals surface area contributed by atoms with Crippen LogP contribution in [-0.4, -0.2) is 31.1 Å². The number of nitrogens with one attached hydrogen (secondary N) is 1. The highest BCUT2D eigenvalue weighted by molar-refractivity contribution is 9.10. The summed E-state index contributed by atoms with van der Waals surface area (Å²) < 4.78 is 14.6. The smallest absolute Gasteiger partial charge is 0.141 e. The predicted octanol–water partition coefficient (Wildman–Crippen LogP) is 2.56. The Morgan fingerprint density at radius 3 is 2.71 bits per heavy atom. The molecule has 0 radical (unpaired) electrons. The Morgan fingerprint density at radius 1 is 1.35 bits per heavy atom. The summed E-state index contributed by atoms with van der Waals surface area (Å²) in [5, 5.41) is 3.30. The lowest BCUT2D eigenvalue weighted by atomic mass is 10.1. The monoisotopic (exact) mass is 300 g/mol. The summed E-state index contributed by atoms with van der Waals surface area (Å²) in [6, 6.07) is 3.86. The van der Waals surface area contributed by atoms with Crippen LogP contribution in [-0.2, 0) is 13.0 Å². The van der Waals surface area contributed by atoms with E-state index in [1.807, 2.05) is 12.1 Å². The molecule has 0 aromatic heterocycles. The second-order valence-corrected chi connectivity index (χ2v) is 5.28. The molecule has 1 heterocycles. The second kappa shape index (κ2) is 5.94. The highest BCUT2D eigenvalue weighted by atomic mass is 79.9. The van der Waals surface area contributed by atoms with Gasteiger partial charge in [-0.3, -0.25) is 4.90 Å². The zero-order valence-corrected chi connectivity index (χ0v) is 11.7. The summed E-state index contributed by atoms with van der Waals surface area (Å²) in [7, 11) is 0. The number of piperazine rings is 1. The van der Waals surface area contributed by atoms with Crippen LogP contribution in [0.4, 0.5) is 4.39 Å². The van der Waals surface area contributed by atoms with Crippen molar-refractivity contribution < 1.29 is 4.39 Å². The van der Waals surface area contributed by atoms with E-state index in [9.17, 15) is 4.39 Å². The summed E-state index contributed by atoms with van der Waals surface area (Å²) >= 11 is 3.30. The molecule has 0 unspecified atom stereocenters. The van der Waals surface area contributed by atoms with Crippen LogP contribution in [0.1, 0.15) is 18.1 Å². The lowest BCUT2D eigenvalue weighted by molar-refractivity contribution is 0.230. The van der Waals surface area contributed by atoms with Gasteiger partial charge < -0.3 is 5.32 Å². The summed E-state index contributed by atoms with van der Waals surface area (Å²) in [6.07, 6.45) is 0.938. The summed E-state index contributed by atoms with van der Waals surface area (Å²) in [6.45, 7) is 6.78. The van der Waals surface area contributed by atoms with Gasteiger partial charge in [0.2, 0.25) is 0 Å². The summed E-state index contributed by atoms with van der Waals surface area (Å²) in [5.41, 5.74) is 1.99. The Labute approximate surface area is 110 Å². The fourth-order valence-corrected chi connectivity index (χ4v) is 2.69. The fourth-order valence-electron chi connectivity index (χ4n) is 2.14. The van der Waals surface area contributed by atoms with Crippen molar-refractivity contribution in [3.63, 3.8) is 0 Å². The largest absolute Gasteiger partial charge is 0.314 e. The molecule has 1 saturated heterocycles. The maximum absolute atomic E-state index is 14.0. The first-order valence-electron chi connectivity index (χ1n) is 6.10.